The molecular weight excluding hydrogens is 370 g/mol. The highest BCUT2D eigenvalue weighted by molar-refractivity contribution is 7.89. The maximum absolute atomic E-state index is 12.5. The Morgan fingerprint density at radius 3 is 2.62 bits per heavy atom. The van der Waals surface area contributed by atoms with E-state index in [4.69, 9.17) is 10.5 Å². The SMILES string of the molecule is COc1cccc(-c2nc(N)sc2CNS(=O)(=O)c2ccc(C)cc2)c1. The van der Waals surface area contributed by atoms with Crippen molar-refractivity contribution < 1.29 is 13.2 Å². The molecular formula is C18H19N3O3S2. The lowest BCUT2D eigenvalue weighted by Crippen LogP contribution is -2.23. The third-order valence-electron chi connectivity index (χ3n) is 3.81. The van der Waals surface area contributed by atoms with Crippen molar-refractivity contribution >= 4 is 26.5 Å². The van der Waals surface area contributed by atoms with Crippen LogP contribution in [-0.4, -0.2) is 20.5 Å². The van der Waals surface area contributed by atoms with Crippen molar-refractivity contribution in [2.24, 2.45) is 0 Å². The first-order chi connectivity index (χ1) is 12.4. The zero-order chi connectivity index (χ0) is 18.7. The largest absolute Gasteiger partial charge is 0.497 e. The number of benzene rings is 2. The maximum atomic E-state index is 12.5. The van der Waals surface area contributed by atoms with E-state index in [9.17, 15) is 8.42 Å². The van der Waals surface area contributed by atoms with Gasteiger partial charge in [-0.15, -0.1) is 11.3 Å². The molecule has 0 bridgehead atoms. The van der Waals surface area contributed by atoms with Crippen LogP contribution in [0.25, 0.3) is 11.3 Å². The molecule has 0 aliphatic heterocycles. The molecule has 0 aliphatic carbocycles. The summed E-state index contributed by atoms with van der Waals surface area (Å²) in [5.74, 6) is 0.695. The van der Waals surface area contributed by atoms with Gasteiger partial charge in [0.1, 0.15) is 5.75 Å². The zero-order valence-electron chi connectivity index (χ0n) is 14.4. The van der Waals surface area contributed by atoms with Crippen LogP contribution >= 0.6 is 11.3 Å². The van der Waals surface area contributed by atoms with Crippen LogP contribution in [0.2, 0.25) is 0 Å². The predicted molar refractivity (Wildman–Crippen MR) is 104 cm³/mol. The standard InChI is InChI=1S/C18H19N3O3S2/c1-12-6-8-15(9-7-12)26(22,23)20-11-16-17(21-18(19)25-16)13-4-3-5-14(10-13)24-2/h3-10,20H,11H2,1-2H3,(H2,19,21). The van der Waals surface area contributed by atoms with Gasteiger partial charge in [-0.1, -0.05) is 29.8 Å². The fourth-order valence-corrected chi connectivity index (χ4v) is 4.33. The second-order valence-corrected chi connectivity index (χ2v) is 8.58. The van der Waals surface area contributed by atoms with Crippen molar-refractivity contribution in [2.45, 2.75) is 18.4 Å². The van der Waals surface area contributed by atoms with Gasteiger partial charge in [-0.05, 0) is 31.2 Å². The number of aryl methyl sites for hydroxylation is 1. The zero-order valence-corrected chi connectivity index (χ0v) is 16.0. The summed E-state index contributed by atoms with van der Waals surface area (Å²) in [4.78, 5) is 5.31. The molecule has 0 saturated heterocycles. The number of nitrogens with two attached hydrogens (primary N) is 1. The van der Waals surface area contributed by atoms with Gasteiger partial charge in [0, 0.05) is 17.0 Å². The van der Waals surface area contributed by atoms with Gasteiger partial charge in [0.15, 0.2) is 5.13 Å². The van der Waals surface area contributed by atoms with E-state index in [-0.39, 0.29) is 11.4 Å². The van der Waals surface area contributed by atoms with E-state index in [1.165, 1.54) is 11.3 Å². The topological polar surface area (TPSA) is 94.3 Å². The molecule has 0 saturated carbocycles. The minimum Gasteiger partial charge on any atom is -0.497 e. The third kappa shape index (κ3) is 4.04. The van der Waals surface area contributed by atoms with Gasteiger partial charge in [0.05, 0.1) is 17.7 Å². The summed E-state index contributed by atoms with van der Waals surface area (Å²) < 4.78 is 32.8. The molecule has 3 aromatic rings. The quantitative estimate of drug-likeness (QED) is 0.675. The van der Waals surface area contributed by atoms with Crippen LogP contribution in [0, 0.1) is 6.92 Å². The average molecular weight is 390 g/mol. The summed E-state index contributed by atoms with van der Waals surface area (Å²) in [7, 11) is -2.03. The summed E-state index contributed by atoms with van der Waals surface area (Å²) >= 11 is 1.26. The Hall–Kier alpha value is -2.42. The lowest BCUT2D eigenvalue weighted by Gasteiger charge is -2.08. The number of nitrogens with one attached hydrogen (secondary N) is 1. The first-order valence-corrected chi connectivity index (χ1v) is 10.1. The van der Waals surface area contributed by atoms with Gasteiger partial charge in [-0.3, -0.25) is 0 Å². The third-order valence-corrected chi connectivity index (χ3v) is 6.11. The smallest absolute Gasteiger partial charge is 0.240 e. The van der Waals surface area contributed by atoms with Gasteiger partial charge in [-0.2, -0.15) is 0 Å². The number of nitrogen functional groups attached to an aromatic ring is 1. The molecule has 0 atom stereocenters. The number of sulfonamides is 1. The van der Waals surface area contributed by atoms with Crippen molar-refractivity contribution in [3.63, 3.8) is 0 Å². The Morgan fingerprint density at radius 2 is 1.92 bits per heavy atom. The molecule has 3 rings (SSSR count). The molecule has 8 heteroatoms. The normalized spacial score (nSPS) is 11.5. The Bertz CT molecular complexity index is 1010. The molecule has 0 spiro atoms. The summed E-state index contributed by atoms with van der Waals surface area (Å²) in [6, 6.07) is 14.1. The number of thiazole rings is 1. The summed E-state index contributed by atoms with van der Waals surface area (Å²) in [6.07, 6.45) is 0. The van der Waals surface area contributed by atoms with Crippen LogP contribution in [0.1, 0.15) is 10.4 Å². The molecule has 6 nitrogen and oxygen atoms in total. The summed E-state index contributed by atoms with van der Waals surface area (Å²) in [5.41, 5.74) is 8.32. The van der Waals surface area contributed by atoms with Gasteiger partial charge >= 0.3 is 0 Å². The number of nitrogens with zero attached hydrogens (tertiary/aromatic N) is 1. The molecule has 0 fully saturated rings. The van der Waals surface area contributed by atoms with Gasteiger partial charge in [0.2, 0.25) is 10.0 Å². The predicted octanol–water partition coefficient (Wildman–Crippen LogP) is 3.19. The first-order valence-electron chi connectivity index (χ1n) is 7.85. The Morgan fingerprint density at radius 1 is 1.19 bits per heavy atom. The van der Waals surface area contributed by atoms with E-state index >= 15 is 0 Å². The number of anilines is 1. The highest BCUT2D eigenvalue weighted by Crippen LogP contribution is 2.31. The Labute approximate surface area is 156 Å². The van der Waals surface area contributed by atoms with E-state index in [1.54, 1.807) is 31.4 Å². The number of rotatable bonds is 6. The van der Waals surface area contributed by atoms with Crippen LogP contribution < -0.4 is 15.2 Å². The van der Waals surface area contributed by atoms with Crippen LogP contribution in [-0.2, 0) is 16.6 Å². The molecule has 0 unspecified atom stereocenters. The lowest BCUT2D eigenvalue weighted by molar-refractivity contribution is 0.415. The van der Waals surface area contributed by atoms with Crippen molar-refractivity contribution in [1.29, 1.82) is 0 Å². The number of aromatic nitrogens is 1. The highest BCUT2D eigenvalue weighted by atomic mass is 32.2. The lowest BCUT2D eigenvalue weighted by atomic mass is 10.1. The Balaban J connectivity index is 1.85. The summed E-state index contributed by atoms with van der Waals surface area (Å²) in [5, 5.41) is 0.382. The number of methoxy groups -OCH3 is 1. The molecule has 1 aromatic heterocycles. The van der Waals surface area contributed by atoms with E-state index in [0.29, 0.717) is 16.6 Å². The van der Waals surface area contributed by atoms with E-state index in [0.717, 1.165) is 16.0 Å². The van der Waals surface area contributed by atoms with Crippen LogP contribution in [0.3, 0.4) is 0 Å². The van der Waals surface area contributed by atoms with Gasteiger partial charge in [0.25, 0.3) is 0 Å². The van der Waals surface area contributed by atoms with E-state index in [2.05, 4.69) is 9.71 Å². The first kappa shape index (κ1) is 18.4. The van der Waals surface area contributed by atoms with E-state index < -0.39 is 10.0 Å². The fourth-order valence-electron chi connectivity index (χ4n) is 2.45. The van der Waals surface area contributed by atoms with Gasteiger partial charge < -0.3 is 10.5 Å². The maximum Gasteiger partial charge on any atom is 0.240 e. The number of hydrogen-bond acceptors (Lipinski definition) is 6. The van der Waals surface area contributed by atoms with E-state index in [1.807, 2.05) is 31.2 Å². The van der Waals surface area contributed by atoms with Crippen LogP contribution in [0.5, 0.6) is 5.75 Å². The number of ether oxygens (including phenoxy) is 1. The van der Waals surface area contributed by atoms with Crippen molar-refractivity contribution in [2.75, 3.05) is 12.8 Å². The van der Waals surface area contributed by atoms with Gasteiger partial charge in [-0.25, -0.2) is 18.1 Å². The van der Waals surface area contributed by atoms with Crippen molar-refractivity contribution in [1.82, 2.24) is 9.71 Å². The number of hydrogen-bond donors (Lipinski definition) is 2. The average Bonchev–Trinajstić information content (AvgIpc) is 3.01. The molecule has 2 aromatic carbocycles. The van der Waals surface area contributed by atoms with Crippen molar-refractivity contribution in [3.05, 3.63) is 59.0 Å². The molecule has 26 heavy (non-hydrogen) atoms. The molecule has 3 N–H and O–H groups in total. The second-order valence-electron chi connectivity index (χ2n) is 5.69. The highest BCUT2D eigenvalue weighted by Gasteiger charge is 2.17. The molecule has 136 valence electrons. The van der Waals surface area contributed by atoms with Crippen molar-refractivity contribution in [3.8, 4) is 17.0 Å². The molecule has 1 heterocycles. The summed E-state index contributed by atoms with van der Waals surface area (Å²) in [6.45, 7) is 2.02. The van der Waals surface area contributed by atoms with Crippen LogP contribution in [0.4, 0.5) is 5.13 Å². The minimum absolute atomic E-state index is 0.109. The monoisotopic (exact) mass is 389 g/mol. The molecule has 0 aliphatic rings. The minimum atomic E-state index is -3.61. The molecule has 0 amide bonds. The van der Waals surface area contributed by atoms with Crippen LogP contribution in [0.15, 0.2) is 53.4 Å². The second kappa shape index (κ2) is 7.45. The molecule has 0 radical (unpaired) electrons. The fraction of sp³-hybridized carbons (Fsp3) is 0.167. The Kier molecular flexibility index (Phi) is 5.26.